The highest BCUT2D eigenvalue weighted by Gasteiger charge is 2.22. The molecule has 0 aromatic rings. The summed E-state index contributed by atoms with van der Waals surface area (Å²) in [5, 5.41) is 0. The van der Waals surface area contributed by atoms with Crippen molar-refractivity contribution in [2.45, 2.75) is 341 Å². The van der Waals surface area contributed by atoms with Gasteiger partial charge in [-0.3, -0.25) is 14.2 Å². The van der Waals surface area contributed by atoms with E-state index in [9.17, 15) is 19.0 Å². The number of unbranched alkanes of at least 4 members (excludes halogenated alkanes) is 38. The van der Waals surface area contributed by atoms with Crippen molar-refractivity contribution in [3.8, 4) is 0 Å². The van der Waals surface area contributed by atoms with Crippen molar-refractivity contribution >= 4 is 19.8 Å². The van der Waals surface area contributed by atoms with Crippen LogP contribution in [0.2, 0.25) is 0 Å². The minimum atomic E-state index is -4.65. The summed E-state index contributed by atoms with van der Waals surface area (Å²) in [7, 11) is 1.16. The van der Waals surface area contributed by atoms with Gasteiger partial charge in [-0.2, -0.15) is 0 Å². The number of rotatable bonds is 68. The third kappa shape index (κ3) is 72.0. The fourth-order valence-electron chi connectivity index (χ4n) is 10.5. The van der Waals surface area contributed by atoms with E-state index >= 15 is 0 Å². The molecule has 0 bridgehead atoms. The predicted octanol–water partition coefficient (Wildman–Crippen LogP) is 23.6. The van der Waals surface area contributed by atoms with E-state index < -0.39 is 26.5 Å². The lowest BCUT2D eigenvalue weighted by molar-refractivity contribution is -0.870. The number of carbonyl (C=O) groups excluding carboxylic acids is 2. The first-order chi connectivity index (χ1) is 43.0. The molecule has 2 atom stereocenters. The molecule has 0 radical (unpaired) electrons. The number of likely N-dealkylation sites (N-methyl/N-ethyl adjacent to an activating group) is 1. The van der Waals surface area contributed by atoms with Gasteiger partial charge in [0.2, 0.25) is 0 Å². The number of nitrogens with zero attached hydrogens (tertiary/aromatic N) is 1. The van der Waals surface area contributed by atoms with Crippen LogP contribution in [-0.2, 0) is 32.7 Å². The Balaban J connectivity index is 3.96. The molecule has 9 nitrogen and oxygen atoms in total. The molecule has 10 heteroatoms. The number of esters is 2. The van der Waals surface area contributed by atoms with Crippen LogP contribution < -0.4 is 4.89 Å². The lowest BCUT2D eigenvalue weighted by atomic mass is 10.0. The smallest absolute Gasteiger partial charge is 0.306 e. The number of quaternary nitrogens is 1. The molecule has 0 aromatic carbocycles. The average Bonchev–Trinajstić information content (AvgIpc) is 3.57. The SMILES string of the molecule is CC/C=C\C/C=C\C/C=C\C/C=C\C/C=C\CCCCCCCCCCCC(=O)OC(COC(=O)CCCCCCCCCCCCCCCCCCCCCCCCCC/C=C\C/C=C\C/C=C\CCCCCCC)COP(=O)([O-])OCC[N+](C)(C)C. The summed E-state index contributed by atoms with van der Waals surface area (Å²) in [5.74, 6) is -0.831. The third-order valence-electron chi connectivity index (χ3n) is 16.1. The zero-order chi connectivity index (χ0) is 64.1. The molecular formula is C78H140NO8P. The van der Waals surface area contributed by atoms with Crippen molar-refractivity contribution in [3.63, 3.8) is 0 Å². The summed E-state index contributed by atoms with van der Waals surface area (Å²) in [4.78, 5) is 38.1. The lowest BCUT2D eigenvalue weighted by Gasteiger charge is -2.28. The molecular weight excluding hydrogens is 1110 g/mol. The molecule has 0 aliphatic carbocycles. The number of phosphoric acid groups is 1. The fraction of sp³-hybridized carbons (Fsp3) is 0.769. The first kappa shape index (κ1) is 84.9. The Morgan fingerprint density at radius 1 is 0.364 bits per heavy atom. The van der Waals surface area contributed by atoms with E-state index in [1.54, 1.807) is 0 Å². The van der Waals surface area contributed by atoms with Gasteiger partial charge in [-0.25, -0.2) is 0 Å². The van der Waals surface area contributed by atoms with Crippen LogP contribution in [0.15, 0.2) is 97.2 Å². The van der Waals surface area contributed by atoms with Crippen molar-refractivity contribution in [1.29, 1.82) is 0 Å². The number of ether oxygens (including phenoxy) is 2. The van der Waals surface area contributed by atoms with Gasteiger partial charge in [0, 0.05) is 12.8 Å². The maximum atomic E-state index is 12.9. The molecule has 510 valence electrons. The second kappa shape index (κ2) is 68.3. The van der Waals surface area contributed by atoms with Crippen LogP contribution in [-0.4, -0.2) is 70.0 Å². The normalized spacial score (nSPS) is 13.7. The number of hydrogen-bond donors (Lipinski definition) is 0. The van der Waals surface area contributed by atoms with Crippen LogP contribution >= 0.6 is 7.82 Å². The Labute approximate surface area is 544 Å². The van der Waals surface area contributed by atoms with E-state index in [-0.39, 0.29) is 32.0 Å². The van der Waals surface area contributed by atoms with Crippen molar-refractivity contribution in [2.75, 3.05) is 47.5 Å². The zero-order valence-corrected chi connectivity index (χ0v) is 59.1. The molecule has 0 aromatic heterocycles. The highest BCUT2D eigenvalue weighted by molar-refractivity contribution is 7.45. The molecule has 0 aliphatic heterocycles. The van der Waals surface area contributed by atoms with E-state index in [1.807, 2.05) is 21.1 Å². The van der Waals surface area contributed by atoms with Crippen LogP contribution in [0, 0.1) is 0 Å². The summed E-state index contributed by atoms with van der Waals surface area (Å²) < 4.78 is 34.3. The van der Waals surface area contributed by atoms with Gasteiger partial charge in [-0.15, -0.1) is 0 Å². The predicted molar refractivity (Wildman–Crippen MR) is 379 cm³/mol. The molecule has 0 amide bonds. The molecule has 0 rings (SSSR count). The van der Waals surface area contributed by atoms with E-state index in [1.165, 1.54) is 212 Å². The van der Waals surface area contributed by atoms with Crippen LogP contribution in [0.25, 0.3) is 0 Å². The van der Waals surface area contributed by atoms with E-state index in [0.717, 1.165) is 89.9 Å². The summed E-state index contributed by atoms with van der Waals surface area (Å²) in [6, 6.07) is 0. The van der Waals surface area contributed by atoms with Crippen molar-refractivity contribution in [3.05, 3.63) is 97.2 Å². The topological polar surface area (TPSA) is 111 Å². The number of carbonyl (C=O) groups is 2. The number of allylic oxidation sites excluding steroid dienone is 16. The van der Waals surface area contributed by atoms with Crippen molar-refractivity contribution < 1.29 is 42.1 Å². The molecule has 0 saturated carbocycles. The molecule has 0 fully saturated rings. The van der Waals surface area contributed by atoms with Crippen LogP contribution in [0.1, 0.15) is 335 Å². The maximum absolute atomic E-state index is 12.9. The van der Waals surface area contributed by atoms with Gasteiger partial charge >= 0.3 is 11.9 Å². The largest absolute Gasteiger partial charge is 0.756 e. The minimum Gasteiger partial charge on any atom is -0.756 e. The molecule has 2 unspecified atom stereocenters. The standard InChI is InChI=1S/C78H140NO8P/c1-6-8-10-12-14-16-18-20-22-24-26-28-30-32-33-34-35-36-37-38-39-40-41-42-43-44-45-47-48-50-52-54-56-58-60-62-64-66-68-70-77(80)84-74-76(75-86-88(82,83)85-73-72-79(3,4)5)87-78(81)71-69-67-65-63-61-59-57-55-53-51-49-46-31-29-27-25-23-21-19-17-15-13-11-9-7-2/h9,11,15,17-18,20-21,23-24,26-27,29-30,32,46,49,76H,6-8,10,12-14,16,19,22,25,28,31,33-45,47-48,50-75H2,1-5H3/b11-9-,17-15-,20-18-,23-21-,26-24-,29-27-,32-30-,49-46-. The molecule has 0 heterocycles. The van der Waals surface area contributed by atoms with Gasteiger partial charge in [-0.1, -0.05) is 323 Å². The Bertz CT molecular complexity index is 1810. The second-order valence-corrected chi connectivity index (χ2v) is 27.3. The second-order valence-electron chi connectivity index (χ2n) is 25.9. The van der Waals surface area contributed by atoms with Gasteiger partial charge in [0.25, 0.3) is 7.82 Å². The van der Waals surface area contributed by atoms with E-state index in [0.29, 0.717) is 17.4 Å². The Hall–Kier alpha value is -3.07. The van der Waals surface area contributed by atoms with Crippen LogP contribution in [0.5, 0.6) is 0 Å². The summed E-state index contributed by atoms with van der Waals surface area (Å²) in [6.07, 6.45) is 95.1. The summed E-state index contributed by atoms with van der Waals surface area (Å²) in [5.41, 5.74) is 0. The van der Waals surface area contributed by atoms with Gasteiger partial charge < -0.3 is 27.9 Å². The first-order valence-corrected chi connectivity index (χ1v) is 38.4. The third-order valence-corrected chi connectivity index (χ3v) is 17.1. The van der Waals surface area contributed by atoms with Crippen LogP contribution in [0.3, 0.4) is 0 Å². The van der Waals surface area contributed by atoms with Gasteiger partial charge in [-0.05, 0) is 96.3 Å². The number of phosphoric ester groups is 1. The molecule has 0 spiro atoms. The maximum Gasteiger partial charge on any atom is 0.306 e. The van der Waals surface area contributed by atoms with Crippen molar-refractivity contribution in [2.24, 2.45) is 0 Å². The quantitative estimate of drug-likeness (QED) is 0.0195. The van der Waals surface area contributed by atoms with Gasteiger partial charge in [0.15, 0.2) is 6.10 Å². The van der Waals surface area contributed by atoms with Crippen molar-refractivity contribution in [1.82, 2.24) is 0 Å². The van der Waals surface area contributed by atoms with Gasteiger partial charge in [0.05, 0.1) is 27.7 Å². The van der Waals surface area contributed by atoms with Gasteiger partial charge in [0.1, 0.15) is 19.8 Å². The first-order valence-electron chi connectivity index (χ1n) is 36.9. The number of hydrogen-bond acceptors (Lipinski definition) is 8. The molecule has 0 N–H and O–H groups in total. The van der Waals surface area contributed by atoms with E-state index in [2.05, 4.69) is 111 Å². The summed E-state index contributed by atoms with van der Waals surface area (Å²) >= 11 is 0. The Morgan fingerprint density at radius 2 is 0.648 bits per heavy atom. The average molecular weight is 1250 g/mol. The zero-order valence-electron chi connectivity index (χ0n) is 58.2. The Kier molecular flexibility index (Phi) is 65.9. The lowest BCUT2D eigenvalue weighted by Crippen LogP contribution is -2.37. The van der Waals surface area contributed by atoms with Crippen LogP contribution in [0.4, 0.5) is 0 Å². The highest BCUT2D eigenvalue weighted by atomic mass is 31.2. The summed E-state index contributed by atoms with van der Waals surface area (Å²) in [6.45, 7) is 4.14. The molecule has 0 saturated heterocycles. The fourth-order valence-corrected chi connectivity index (χ4v) is 11.2. The minimum absolute atomic E-state index is 0.0344. The van der Waals surface area contributed by atoms with E-state index in [4.69, 9.17) is 18.5 Å². The highest BCUT2D eigenvalue weighted by Crippen LogP contribution is 2.38. The Morgan fingerprint density at radius 3 is 0.966 bits per heavy atom. The molecule has 0 aliphatic rings. The monoisotopic (exact) mass is 1250 g/mol. The molecule has 88 heavy (non-hydrogen) atoms.